The number of hydrogen-bond acceptors (Lipinski definition) is 5. The van der Waals surface area contributed by atoms with Crippen LogP contribution in [0.2, 0.25) is 0 Å². The molecule has 1 aromatic heterocycles. The highest BCUT2D eigenvalue weighted by Gasteiger charge is 2.12. The quantitative estimate of drug-likeness (QED) is 0.463. The van der Waals surface area contributed by atoms with Gasteiger partial charge in [0.2, 0.25) is 0 Å². The number of nitrogen functional groups attached to an aromatic ring is 1. The van der Waals surface area contributed by atoms with Crippen LogP contribution in [0.5, 0.6) is 0 Å². The number of aromatic nitrogens is 2. The molecule has 108 valence electrons. The molecule has 1 heterocycles. The van der Waals surface area contributed by atoms with E-state index in [1.807, 2.05) is 12.1 Å². The van der Waals surface area contributed by atoms with E-state index in [0.29, 0.717) is 29.4 Å². The lowest BCUT2D eigenvalue weighted by molar-refractivity contribution is 0.0182. The second-order valence-corrected chi connectivity index (χ2v) is 5.21. The maximum absolute atomic E-state index is 11.9. The van der Waals surface area contributed by atoms with Gasteiger partial charge in [0.1, 0.15) is 6.61 Å². The van der Waals surface area contributed by atoms with Crippen LogP contribution in [-0.4, -0.2) is 29.8 Å². The van der Waals surface area contributed by atoms with Gasteiger partial charge in [0.15, 0.2) is 5.82 Å². The summed E-state index contributed by atoms with van der Waals surface area (Å²) in [5, 5.41) is 3.77. The minimum absolute atomic E-state index is 0.116. The van der Waals surface area contributed by atoms with Crippen LogP contribution in [0.4, 0.5) is 14.5 Å². The molecule has 0 atom stereocenters. The summed E-state index contributed by atoms with van der Waals surface area (Å²) in [6.07, 6.45) is -2.16. The summed E-state index contributed by atoms with van der Waals surface area (Å²) in [6, 6.07) is 5.46. The molecule has 0 unspecified atom stereocenters. The van der Waals surface area contributed by atoms with Crippen molar-refractivity contribution in [3.8, 4) is 11.5 Å². The van der Waals surface area contributed by atoms with Gasteiger partial charge in [0.25, 0.3) is 12.3 Å². The Labute approximate surface area is 127 Å². The number of anilines is 1. The van der Waals surface area contributed by atoms with E-state index < -0.39 is 13.0 Å². The third kappa shape index (κ3) is 4.10. The van der Waals surface area contributed by atoms with Gasteiger partial charge in [-0.3, -0.25) is 0 Å². The van der Waals surface area contributed by atoms with Gasteiger partial charge in [-0.1, -0.05) is 5.16 Å². The number of nitrogens with zero attached hydrogens (tertiary/aromatic N) is 2. The fraction of sp³-hybridized carbons (Fsp3) is 0.333. The topological polar surface area (TPSA) is 74.2 Å². The van der Waals surface area contributed by atoms with Crippen molar-refractivity contribution in [3.05, 3.63) is 27.6 Å². The maximum atomic E-state index is 11.9. The van der Waals surface area contributed by atoms with E-state index in [0.717, 1.165) is 3.57 Å². The lowest BCUT2D eigenvalue weighted by Gasteiger charge is -2.01. The first kappa shape index (κ1) is 15.1. The molecular formula is C12H12F2IN3O2. The van der Waals surface area contributed by atoms with E-state index in [2.05, 4.69) is 32.7 Å². The number of halogens is 3. The molecule has 5 nitrogen and oxygen atoms in total. The summed E-state index contributed by atoms with van der Waals surface area (Å²) >= 11 is 2.15. The van der Waals surface area contributed by atoms with Gasteiger partial charge >= 0.3 is 0 Å². The summed E-state index contributed by atoms with van der Waals surface area (Å²) in [4.78, 5) is 4.17. The van der Waals surface area contributed by atoms with Gasteiger partial charge in [-0.2, -0.15) is 4.98 Å². The first-order valence-corrected chi connectivity index (χ1v) is 6.88. The molecule has 8 heteroatoms. The van der Waals surface area contributed by atoms with Crippen molar-refractivity contribution in [1.82, 2.24) is 10.1 Å². The van der Waals surface area contributed by atoms with E-state index in [4.69, 9.17) is 15.0 Å². The zero-order valence-corrected chi connectivity index (χ0v) is 12.5. The predicted octanol–water partition coefficient (Wildman–Crippen LogP) is 2.75. The molecule has 0 saturated carbocycles. The minimum atomic E-state index is -2.47. The largest absolute Gasteiger partial charge is 0.398 e. The molecule has 2 N–H and O–H groups in total. The van der Waals surface area contributed by atoms with Gasteiger partial charge in [0.05, 0.1) is 12.2 Å². The van der Waals surface area contributed by atoms with Gasteiger partial charge < -0.3 is 15.0 Å². The van der Waals surface area contributed by atoms with Crippen LogP contribution in [0.15, 0.2) is 22.7 Å². The normalized spacial score (nSPS) is 11.2. The molecule has 0 radical (unpaired) electrons. The van der Waals surface area contributed by atoms with Gasteiger partial charge in [-0.25, -0.2) is 8.78 Å². The van der Waals surface area contributed by atoms with Crippen molar-refractivity contribution in [2.45, 2.75) is 12.8 Å². The Morgan fingerprint density at radius 1 is 1.40 bits per heavy atom. The van der Waals surface area contributed by atoms with Crippen LogP contribution >= 0.6 is 22.6 Å². The Morgan fingerprint density at radius 2 is 2.20 bits per heavy atom. The molecule has 0 fully saturated rings. The molecule has 2 rings (SSSR count). The summed E-state index contributed by atoms with van der Waals surface area (Å²) in [5.74, 6) is 0.706. The molecule has 2 aromatic rings. The lowest BCUT2D eigenvalue weighted by atomic mass is 10.2. The average molecular weight is 395 g/mol. The van der Waals surface area contributed by atoms with E-state index in [1.54, 1.807) is 6.07 Å². The second-order valence-electron chi connectivity index (χ2n) is 3.96. The Bertz CT molecular complexity index is 578. The third-order valence-corrected chi connectivity index (χ3v) is 3.10. The summed E-state index contributed by atoms with van der Waals surface area (Å²) in [7, 11) is 0. The number of rotatable bonds is 6. The standard InChI is InChI=1S/C12H12F2IN3O2/c13-10(14)6-19-4-3-11-17-12(20-18-11)8-5-7(15)1-2-9(8)16/h1-2,5,10H,3-4,6,16H2. The Hall–Kier alpha value is -1.29. The highest BCUT2D eigenvalue weighted by molar-refractivity contribution is 14.1. The van der Waals surface area contributed by atoms with E-state index in [1.165, 1.54) is 0 Å². The molecule has 0 aliphatic rings. The number of ether oxygens (including phenoxy) is 1. The summed E-state index contributed by atoms with van der Waals surface area (Å²) in [5.41, 5.74) is 7.04. The molecule has 0 bridgehead atoms. The van der Waals surface area contributed by atoms with E-state index >= 15 is 0 Å². The van der Waals surface area contributed by atoms with Gasteiger partial charge in [-0.05, 0) is 40.8 Å². The molecule has 0 amide bonds. The minimum Gasteiger partial charge on any atom is -0.398 e. The SMILES string of the molecule is Nc1ccc(I)cc1-c1nc(CCOCC(F)F)no1. The molecular weight excluding hydrogens is 383 g/mol. The first-order valence-electron chi connectivity index (χ1n) is 5.80. The monoisotopic (exact) mass is 395 g/mol. The van der Waals surface area contributed by atoms with Gasteiger partial charge in [0, 0.05) is 15.7 Å². The fourth-order valence-electron chi connectivity index (χ4n) is 1.51. The second kappa shape index (κ2) is 6.93. The summed E-state index contributed by atoms with van der Waals surface area (Å²) < 4.78 is 34.6. The average Bonchev–Trinajstić information content (AvgIpc) is 2.86. The van der Waals surface area contributed by atoms with Crippen molar-refractivity contribution in [2.75, 3.05) is 18.9 Å². The molecule has 20 heavy (non-hydrogen) atoms. The molecule has 0 aliphatic carbocycles. The lowest BCUT2D eigenvalue weighted by Crippen LogP contribution is -2.07. The van der Waals surface area contributed by atoms with E-state index in [-0.39, 0.29) is 6.61 Å². The number of nitrogens with two attached hydrogens (primary N) is 1. The fourth-order valence-corrected chi connectivity index (χ4v) is 2.01. The van der Waals surface area contributed by atoms with Crippen molar-refractivity contribution in [1.29, 1.82) is 0 Å². The van der Waals surface area contributed by atoms with Crippen molar-refractivity contribution in [3.63, 3.8) is 0 Å². The van der Waals surface area contributed by atoms with E-state index in [9.17, 15) is 8.78 Å². The van der Waals surface area contributed by atoms with Crippen molar-refractivity contribution in [2.24, 2.45) is 0 Å². The maximum Gasteiger partial charge on any atom is 0.261 e. The molecule has 1 aromatic carbocycles. The summed E-state index contributed by atoms with van der Waals surface area (Å²) in [6.45, 7) is -0.473. The van der Waals surface area contributed by atoms with Crippen molar-refractivity contribution < 1.29 is 18.0 Å². The number of alkyl halides is 2. The smallest absolute Gasteiger partial charge is 0.261 e. The van der Waals surface area contributed by atoms with Crippen LogP contribution in [-0.2, 0) is 11.2 Å². The number of benzene rings is 1. The van der Waals surface area contributed by atoms with Crippen LogP contribution < -0.4 is 5.73 Å². The van der Waals surface area contributed by atoms with Crippen LogP contribution in [0, 0.1) is 3.57 Å². The number of hydrogen-bond donors (Lipinski definition) is 1. The molecule has 0 spiro atoms. The Kier molecular flexibility index (Phi) is 5.24. The highest BCUT2D eigenvalue weighted by Crippen LogP contribution is 2.26. The molecule has 0 aliphatic heterocycles. The Balaban J connectivity index is 2.00. The molecule has 0 saturated heterocycles. The van der Waals surface area contributed by atoms with Crippen LogP contribution in [0.1, 0.15) is 5.82 Å². The van der Waals surface area contributed by atoms with Crippen LogP contribution in [0.3, 0.4) is 0 Å². The van der Waals surface area contributed by atoms with Crippen LogP contribution in [0.25, 0.3) is 11.5 Å². The Morgan fingerprint density at radius 3 is 2.95 bits per heavy atom. The zero-order valence-electron chi connectivity index (χ0n) is 10.4. The predicted molar refractivity (Wildman–Crippen MR) is 77.4 cm³/mol. The first-order chi connectivity index (χ1) is 9.56. The third-order valence-electron chi connectivity index (χ3n) is 2.43. The highest BCUT2D eigenvalue weighted by atomic mass is 127. The van der Waals surface area contributed by atoms with Crippen molar-refractivity contribution >= 4 is 28.3 Å². The zero-order chi connectivity index (χ0) is 14.5. The van der Waals surface area contributed by atoms with Gasteiger partial charge in [-0.15, -0.1) is 0 Å².